The number of nitrogens with one attached hydrogen (secondary N) is 1. The van der Waals surface area contributed by atoms with Gasteiger partial charge in [0.2, 0.25) is 5.88 Å². The first-order chi connectivity index (χ1) is 10.4. The summed E-state index contributed by atoms with van der Waals surface area (Å²) in [7, 11) is -3.32. The lowest BCUT2D eigenvalue weighted by atomic mass is 10.3. The van der Waals surface area contributed by atoms with Crippen LogP contribution in [0.25, 0.3) is 0 Å². The summed E-state index contributed by atoms with van der Waals surface area (Å²) in [5.41, 5.74) is 0.904. The van der Waals surface area contributed by atoms with E-state index in [1.807, 2.05) is 19.9 Å². The molecule has 0 atom stereocenters. The first-order valence-electron chi connectivity index (χ1n) is 6.87. The number of hydrogen-bond donors (Lipinski definition) is 1. The number of anilines is 1. The molecule has 0 aliphatic carbocycles. The number of hydrogen-bond acceptors (Lipinski definition) is 6. The van der Waals surface area contributed by atoms with Gasteiger partial charge in [-0.05, 0) is 31.5 Å². The molecule has 2 aromatic rings. The fourth-order valence-corrected chi connectivity index (χ4v) is 2.64. The lowest BCUT2D eigenvalue weighted by molar-refractivity contribution is 0.232. The predicted molar refractivity (Wildman–Crippen MR) is 84.7 cm³/mol. The van der Waals surface area contributed by atoms with Gasteiger partial charge in [0.05, 0.1) is 6.10 Å². The maximum atomic E-state index is 11.7. The van der Waals surface area contributed by atoms with Crippen LogP contribution in [0.2, 0.25) is 0 Å². The van der Waals surface area contributed by atoms with Gasteiger partial charge in [0.25, 0.3) is 0 Å². The second-order valence-electron chi connectivity index (χ2n) is 5.15. The zero-order valence-electron chi connectivity index (χ0n) is 12.8. The molecule has 118 valence electrons. The summed E-state index contributed by atoms with van der Waals surface area (Å²) in [5.74, 6) is 0.904. The molecular formula is C15H19N3O3S. The molecule has 1 N–H and O–H groups in total. The van der Waals surface area contributed by atoms with Gasteiger partial charge in [-0.3, -0.25) is 0 Å². The second kappa shape index (κ2) is 6.74. The van der Waals surface area contributed by atoms with Gasteiger partial charge >= 0.3 is 0 Å². The molecule has 0 spiro atoms. The monoisotopic (exact) mass is 321 g/mol. The minimum Gasteiger partial charge on any atom is -0.475 e. The van der Waals surface area contributed by atoms with Crippen molar-refractivity contribution in [1.82, 2.24) is 9.97 Å². The van der Waals surface area contributed by atoms with Crippen molar-refractivity contribution in [2.45, 2.75) is 31.4 Å². The Morgan fingerprint density at radius 1 is 1.23 bits per heavy atom. The molecule has 0 unspecified atom stereocenters. The quantitative estimate of drug-likeness (QED) is 0.879. The van der Waals surface area contributed by atoms with E-state index in [0.29, 0.717) is 18.2 Å². The Morgan fingerprint density at radius 3 is 2.59 bits per heavy atom. The van der Waals surface area contributed by atoms with Gasteiger partial charge in [0.1, 0.15) is 10.7 Å². The summed E-state index contributed by atoms with van der Waals surface area (Å²) in [6.07, 6.45) is 4.47. The maximum Gasteiger partial charge on any atom is 0.213 e. The number of aromatic nitrogens is 2. The Kier molecular flexibility index (Phi) is 4.97. The molecule has 2 aromatic heterocycles. The fourth-order valence-electron chi connectivity index (χ4n) is 1.84. The fraction of sp³-hybridized carbons (Fsp3) is 0.333. The molecule has 0 radical (unpaired) electrons. The van der Waals surface area contributed by atoms with E-state index >= 15 is 0 Å². The lowest BCUT2D eigenvalue weighted by Crippen LogP contribution is -2.09. The molecule has 0 aliphatic heterocycles. The summed E-state index contributed by atoms with van der Waals surface area (Å²) in [4.78, 5) is 8.47. The molecule has 0 bridgehead atoms. The van der Waals surface area contributed by atoms with Gasteiger partial charge in [-0.25, -0.2) is 18.4 Å². The van der Waals surface area contributed by atoms with Gasteiger partial charge in [-0.1, -0.05) is 6.07 Å². The molecular weight excluding hydrogens is 302 g/mol. The molecule has 0 saturated carbocycles. The van der Waals surface area contributed by atoms with E-state index < -0.39 is 9.84 Å². The third-order valence-electron chi connectivity index (χ3n) is 2.78. The van der Waals surface area contributed by atoms with E-state index in [1.165, 1.54) is 6.07 Å². The van der Waals surface area contributed by atoms with Gasteiger partial charge in [-0.15, -0.1) is 0 Å². The molecule has 0 amide bonds. The highest BCUT2D eigenvalue weighted by Crippen LogP contribution is 2.18. The van der Waals surface area contributed by atoms with Gasteiger partial charge in [0, 0.05) is 31.3 Å². The zero-order chi connectivity index (χ0) is 16.2. The highest BCUT2D eigenvalue weighted by molar-refractivity contribution is 7.90. The lowest BCUT2D eigenvalue weighted by Gasteiger charge is -2.11. The summed E-state index contributed by atoms with van der Waals surface area (Å²) >= 11 is 0. The SMILES string of the molecule is CC(C)Oc1ccc(CNc2ncccc2S(C)(=O)=O)cn1. The molecule has 0 aliphatic rings. The summed E-state index contributed by atoms with van der Waals surface area (Å²) in [6, 6.07) is 6.79. The molecule has 0 saturated heterocycles. The van der Waals surface area contributed by atoms with E-state index in [2.05, 4.69) is 15.3 Å². The molecule has 0 aromatic carbocycles. The summed E-state index contributed by atoms with van der Waals surface area (Å²) in [5, 5.41) is 3.03. The topological polar surface area (TPSA) is 81.2 Å². The third-order valence-corrected chi connectivity index (χ3v) is 3.91. The predicted octanol–water partition coefficient (Wildman–Crippen LogP) is 2.28. The smallest absolute Gasteiger partial charge is 0.213 e. The average Bonchev–Trinajstić information content (AvgIpc) is 2.45. The van der Waals surface area contributed by atoms with Crippen LogP contribution in [-0.4, -0.2) is 30.7 Å². The van der Waals surface area contributed by atoms with Gasteiger partial charge in [-0.2, -0.15) is 0 Å². The highest BCUT2D eigenvalue weighted by Gasteiger charge is 2.13. The van der Waals surface area contributed by atoms with Crippen molar-refractivity contribution in [1.29, 1.82) is 0 Å². The Balaban J connectivity index is 2.08. The van der Waals surface area contributed by atoms with Crippen molar-refractivity contribution in [2.75, 3.05) is 11.6 Å². The van der Waals surface area contributed by atoms with Crippen LogP contribution in [0.4, 0.5) is 5.82 Å². The first kappa shape index (κ1) is 16.2. The molecule has 0 fully saturated rings. The number of ether oxygens (including phenoxy) is 1. The van der Waals surface area contributed by atoms with E-state index in [1.54, 1.807) is 24.5 Å². The molecule has 2 rings (SSSR count). The normalized spacial score (nSPS) is 11.5. The second-order valence-corrected chi connectivity index (χ2v) is 7.13. The van der Waals surface area contributed by atoms with E-state index in [9.17, 15) is 8.42 Å². The molecule has 6 nitrogen and oxygen atoms in total. The number of sulfone groups is 1. The number of nitrogens with zero attached hydrogens (tertiary/aromatic N) is 2. The highest BCUT2D eigenvalue weighted by atomic mass is 32.2. The van der Waals surface area contributed by atoms with Crippen molar-refractivity contribution in [2.24, 2.45) is 0 Å². The minimum absolute atomic E-state index is 0.0716. The van der Waals surface area contributed by atoms with Crippen LogP contribution in [0.3, 0.4) is 0 Å². The van der Waals surface area contributed by atoms with Crippen LogP contribution in [0.1, 0.15) is 19.4 Å². The molecule has 2 heterocycles. The average molecular weight is 321 g/mol. The Morgan fingerprint density at radius 2 is 2.00 bits per heavy atom. The Labute approximate surface area is 130 Å². The van der Waals surface area contributed by atoms with E-state index in [-0.39, 0.29) is 11.0 Å². The van der Waals surface area contributed by atoms with Crippen molar-refractivity contribution >= 4 is 15.7 Å². The summed E-state index contributed by atoms with van der Waals surface area (Å²) < 4.78 is 28.9. The first-order valence-corrected chi connectivity index (χ1v) is 8.76. The third kappa shape index (κ3) is 4.42. The summed E-state index contributed by atoms with van der Waals surface area (Å²) in [6.45, 7) is 4.30. The number of rotatable bonds is 6. The van der Waals surface area contributed by atoms with Crippen molar-refractivity contribution in [3.05, 3.63) is 42.2 Å². The van der Waals surface area contributed by atoms with E-state index in [4.69, 9.17) is 4.74 Å². The standard InChI is InChI=1S/C15H19N3O3S/c1-11(2)21-14-7-6-12(9-17-14)10-18-15-13(22(3,19)20)5-4-8-16-15/h4-9,11H,10H2,1-3H3,(H,16,18). The van der Waals surface area contributed by atoms with Crippen LogP contribution in [0.5, 0.6) is 5.88 Å². The van der Waals surface area contributed by atoms with Gasteiger partial charge in [0.15, 0.2) is 9.84 Å². The minimum atomic E-state index is -3.32. The zero-order valence-corrected chi connectivity index (χ0v) is 13.6. The van der Waals surface area contributed by atoms with Crippen molar-refractivity contribution in [3.63, 3.8) is 0 Å². The maximum absolute atomic E-state index is 11.7. The van der Waals surface area contributed by atoms with Crippen LogP contribution in [0.15, 0.2) is 41.6 Å². The van der Waals surface area contributed by atoms with Crippen LogP contribution < -0.4 is 10.1 Å². The molecule has 7 heteroatoms. The largest absolute Gasteiger partial charge is 0.475 e. The van der Waals surface area contributed by atoms with Crippen LogP contribution in [-0.2, 0) is 16.4 Å². The van der Waals surface area contributed by atoms with Crippen molar-refractivity contribution < 1.29 is 13.2 Å². The molecule has 22 heavy (non-hydrogen) atoms. The Bertz CT molecular complexity index is 728. The van der Waals surface area contributed by atoms with Crippen molar-refractivity contribution in [3.8, 4) is 5.88 Å². The van der Waals surface area contributed by atoms with Gasteiger partial charge < -0.3 is 10.1 Å². The Hall–Kier alpha value is -2.15. The van der Waals surface area contributed by atoms with Crippen LogP contribution in [0, 0.1) is 0 Å². The number of pyridine rings is 2. The van der Waals surface area contributed by atoms with E-state index in [0.717, 1.165) is 11.8 Å². The van der Waals surface area contributed by atoms with Crippen LogP contribution >= 0.6 is 0 Å².